The van der Waals surface area contributed by atoms with Crippen molar-refractivity contribution in [3.05, 3.63) is 28.5 Å². The first-order valence-electron chi connectivity index (χ1n) is 4.13. The highest BCUT2D eigenvalue weighted by atomic mass is 79.9. The van der Waals surface area contributed by atoms with Crippen LogP contribution in [0.1, 0.15) is 17.9 Å². The Labute approximate surface area is 84.7 Å². The van der Waals surface area contributed by atoms with E-state index in [2.05, 4.69) is 26.2 Å². The molecule has 0 aliphatic carbocycles. The third-order valence-electron chi connectivity index (χ3n) is 2.21. The Balaban J connectivity index is 2.26. The summed E-state index contributed by atoms with van der Waals surface area (Å²) in [6.07, 6.45) is 4.12. The van der Waals surface area contributed by atoms with E-state index in [1.807, 2.05) is 12.3 Å². The maximum absolute atomic E-state index is 11.0. The molecule has 0 radical (unpaired) electrons. The summed E-state index contributed by atoms with van der Waals surface area (Å²) in [6.45, 7) is 0.725. The van der Waals surface area contributed by atoms with Gasteiger partial charge < -0.3 is 5.32 Å². The Hall–Kier alpha value is -0.900. The van der Waals surface area contributed by atoms with Crippen LogP contribution < -0.4 is 5.32 Å². The molecule has 1 N–H and O–H groups in total. The third-order valence-corrected chi connectivity index (χ3v) is 2.94. The quantitative estimate of drug-likeness (QED) is 0.808. The van der Waals surface area contributed by atoms with E-state index in [9.17, 15) is 4.79 Å². The molecule has 1 atom stereocenters. The zero-order valence-corrected chi connectivity index (χ0v) is 8.54. The first-order chi connectivity index (χ1) is 6.27. The number of nitrogens with zero attached hydrogens (tertiary/aromatic N) is 1. The monoisotopic (exact) mass is 240 g/mol. The molecule has 13 heavy (non-hydrogen) atoms. The van der Waals surface area contributed by atoms with Crippen molar-refractivity contribution in [2.45, 2.75) is 12.3 Å². The number of pyridine rings is 1. The van der Waals surface area contributed by atoms with Crippen LogP contribution in [-0.4, -0.2) is 17.4 Å². The number of halogens is 1. The molecule has 3 nitrogen and oxygen atoms in total. The normalized spacial score (nSPS) is 21.6. The molecular formula is C9H9BrN2O. The lowest BCUT2D eigenvalue weighted by Crippen LogP contribution is -2.13. The lowest BCUT2D eigenvalue weighted by atomic mass is 10.0. The summed E-state index contributed by atoms with van der Waals surface area (Å²) in [4.78, 5) is 15.0. The molecular weight excluding hydrogens is 232 g/mol. The highest BCUT2D eigenvalue weighted by Crippen LogP contribution is 2.28. The highest BCUT2D eigenvalue weighted by molar-refractivity contribution is 9.10. The summed E-state index contributed by atoms with van der Waals surface area (Å²) in [6, 6.07) is 1.90. The van der Waals surface area contributed by atoms with Gasteiger partial charge in [0.25, 0.3) is 0 Å². The van der Waals surface area contributed by atoms with Gasteiger partial charge in [-0.05, 0) is 11.6 Å². The maximum Gasteiger partial charge on any atom is 0.220 e. The Morgan fingerprint density at radius 1 is 1.62 bits per heavy atom. The summed E-state index contributed by atoms with van der Waals surface area (Å²) in [7, 11) is 0. The number of hydrogen-bond donors (Lipinski definition) is 1. The standard InChI is InChI=1S/C9H9BrN2O/c10-8-1-2-11-5-7(8)6-3-9(13)12-4-6/h1-2,5-6H,3-4H2,(H,12,13). The van der Waals surface area contributed by atoms with Crippen LogP contribution in [0.2, 0.25) is 0 Å². The van der Waals surface area contributed by atoms with Crippen molar-refractivity contribution >= 4 is 21.8 Å². The van der Waals surface area contributed by atoms with Crippen LogP contribution in [0.25, 0.3) is 0 Å². The minimum absolute atomic E-state index is 0.126. The molecule has 1 saturated heterocycles. The molecule has 0 spiro atoms. The van der Waals surface area contributed by atoms with E-state index in [4.69, 9.17) is 0 Å². The lowest BCUT2D eigenvalue weighted by molar-refractivity contribution is -0.119. The van der Waals surface area contributed by atoms with E-state index in [-0.39, 0.29) is 11.8 Å². The molecule has 0 aromatic carbocycles. The average Bonchev–Trinajstić information content (AvgIpc) is 2.53. The van der Waals surface area contributed by atoms with Crippen molar-refractivity contribution < 1.29 is 4.79 Å². The number of nitrogens with one attached hydrogen (secondary N) is 1. The average molecular weight is 241 g/mol. The molecule has 0 saturated carbocycles. The van der Waals surface area contributed by atoms with Crippen molar-refractivity contribution in [2.75, 3.05) is 6.54 Å². The molecule has 0 bridgehead atoms. The fourth-order valence-corrected chi connectivity index (χ4v) is 2.06. The van der Waals surface area contributed by atoms with E-state index in [0.717, 1.165) is 16.6 Å². The van der Waals surface area contributed by atoms with Crippen molar-refractivity contribution in [1.82, 2.24) is 10.3 Å². The molecule has 2 rings (SSSR count). The van der Waals surface area contributed by atoms with Crippen LogP contribution in [0, 0.1) is 0 Å². The minimum Gasteiger partial charge on any atom is -0.355 e. The molecule has 1 unspecified atom stereocenters. The summed E-state index contributed by atoms with van der Waals surface area (Å²) < 4.78 is 1.03. The van der Waals surface area contributed by atoms with Crippen molar-refractivity contribution in [2.24, 2.45) is 0 Å². The first kappa shape index (κ1) is 8.69. The van der Waals surface area contributed by atoms with E-state index < -0.39 is 0 Å². The topological polar surface area (TPSA) is 42.0 Å². The predicted octanol–water partition coefficient (Wildman–Crippen LogP) is 1.45. The number of hydrogen-bond acceptors (Lipinski definition) is 2. The van der Waals surface area contributed by atoms with Gasteiger partial charge in [-0.25, -0.2) is 0 Å². The van der Waals surface area contributed by atoms with E-state index in [1.54, 1.807) is 6.20 Å². The number of carbonyl (C=O) groups is 1. The molecule has 1 aromatic rings. The number of aromatic nitrogens is 1. The van der Waals surface area contributed by atoms with Gasteiger partial charge in [-0.3, -0.25) is 9.78 Å². The number of rotatable bonds is 1. The summed E-state index contributed by atoms with van der Waals surface area (Å²) >= 11 is 3.45. The molecule has 1 aliphatic rings. The Kier molecular flexibility index (Phi) is 2.31. The predicted molar refractivity (Wildman–Crippen MR) is 52.3 cm³/mol. The molecule has 4 heteroatoms. The van der Waals surface area contributed by atoms with Gasteiger partial charge in [-0.2, -0.15) is 0 Å². The number of amides is 1. The van der Waals surface area contributed by atoms with Gasteiger partial charge in [0, 0.05) is 35.7 Å². The Bertz CT molecular complexity index is 340. The Morgan fingerprint density at radius 2 is 2.46 bits per heavy atom. The van der Waals surface area contributed by atoms with Crippen molar-refractivity contribution in [3.8, 4) is 0 Å². The van der Waals surface area contributed by atoms with Gasteiger partial charge in [0.1, 0.15) is 0 Å². The van der Waals surface area contributed by atoms with Crippen molar-refractivity contribution in [1.29, 1.82) is 0 Å². The van der Waals surface area contributed by atoms with Crippen LogP contribution in [0.3, 0.4) is 0 Å². The lowest BCUT2D eigenvalue weighted by Gasteiger charge is -2.08. The third kappa shape index (κ3) is 1.72. The molecule has 1 amide bonds. The van der Waals surface area contributed by atoms with Gasteiger partial charge in [-0.1, -0.05) is 15.9 Å². The van der Waals surface area contributed by atoms with Crippen LogP contribution >= 0.6 is 15.9 Å². The summed E-state index contributed by atoms with van der Waals surface area (Å²) in [5.74, 6) is 0.399. The van der Waals surface area contributed by atoms with Crippen LogP contribution in [-0.2, 0) is 4.79 Å². The van der Waals surface area contributed by atoms with Gasteiger partial charge in [0.15, 0.2) is 0 Å². The maximum atomic E-state index is 11.0. The summed E-state index contributed by atoms with van der Waals surface area (Å²) in [5.41, 5.74) is 1.11. The molecule has 68 valence electrons. The summed E-state index contributed by atoms with van der Waals surface area (Å²) in [5, 5.41) is 2.81. The largest absolute Gasteiger partial charge is 0.355 e. The zero-order chi connectivity index (χ0) is 9.26. The second-order valence-corrected chi connectivity index (χ2v) is 3.96. The first-order valence-corrected chi connectivity index (χ1v) is 4.93. The van der Waals surface area contributed by atoms with Crippen molar-refractivity contribution in [3.63, 3.8) is 0 Å². The van der Waals surface area contributed by atoms with Crippen LogP contribution in [0.4, 0.5) is 0 Å². The Morgan fingerprint density at radius 3 is 3.08 bits per heavy atom. The number of carbonyl (C=O) groups excluding carboxylic acids is 1. The van der Waals surface area contributed by atoms with E-state index in [1.165, 1.54) is 0 Å². The second-order valence-electron chi connectivity index (χ2n) is 3.10. The molecule has 1 aliphatic heterocycles. The van der Waals surface area contributed by atoms with Gasteiger partial charge in [-0.15, -0.1) is 0 Å². The van der Waals surface area contributed by atoms with Crippen LogP contribution in [0.15, 0.2) is 22.9 Å². The molecule has 1 fully saturated rings. The smallest absolute Gasteiger partial charge is 0.220 e. The molecule has 1 aromatic heterocycles. The van der Waals surface area contributed by atoms with Gasteiger partial charge in [0.05, 0.1) is 0 Å². The van der Waals surface area contributed by atoms with Crippen LogP contribution in [0.5, 0.6) is 0 Å². The highest BCUT2D eigenvalue weighted by Gasteiger charge is 2.24. The zero-order valence-electron chi connectivity index (χ0n) is 6.96. The minimum atomic E-state index is 0.126. The van der Waals surface area contributed by atoms with E-state index in [0.29, 0.717) is 6.42 Å². The van der Waals surface area contributed by atoms with Gasteiger partial charge >= 0.3 is 0 Å². The van der Waals surface area contributed by atoms with E-state index >= 15 is 0 Å². The fraction of sp³-hybridized carbons (Fsp3) is 0.333. The molecule has 2 heterocycles. The fourth-order valence-electron chi connectivity index (χ4n) is 1.52. The second kappa shape index (κ2) is 3.46. The van der Waals surface area contributed by atoms with Gasteiger partial charge in [0.2, 0.25) is 5.91 Å². The SMILES string of the molecule is O=C1CC(c2cnccc2Br)CN1.